The number of nitrogens with zero attached hydrogens (tertiary/aromatic N) is 2. The topological polar surface area (TPSA) is 96.0 Å². The van der Waals surface area contributed by atoms with Gasteiger partial charge in [0.1, 0.15) is 6.54 Å². The molecule has 2 heterocycles. The van der Waals surface area contributed by atoms with Crippen LogP contribution in [-0.4, -0.2) is 64.5 Å². The van der Waals surface area contributed by atoms with Crippen LogP contribution in [0.3, 0.4) is 0 Å². The Morgan fingerprint density at radius 1 is 1.09 bits per heavy atom. The Bertz CT molecular complexity index is 913. The second kappa shape index (κ2) is 10.3. The Morgan fingerprint density at radius 2 is 1.84 bits per heavy atom. The molecule has 1 atom stereocenters. The first-order valence-corrected chi connectivity index (χ1v) is 11.8. The van der Waals surface area contributed by atoms with E-state index in [2.05, 4.69) is 5.32 Å². The van der Waals surface area contributed by atoms with Crippen molar-refractivity contribution in [2.75, 3.05) is 19.6 Å². The van der Waals surface area contributed by atoms with Crippen molar-refractivity contribution in [2.45, 2.75) is 50.9 Å². The van der Waals surface area contributed by atoms with E-state index in [1.54, 1.807) is 0 Å². The minimum atomic E-state index is -0.588. The predicted molar refractivity (Wildman–Crippen MR) is 119 cm³/mol. The lowest BCUT2D eigenvalue weighted by Crippen LogP contribution is -2.45. The van der Waals surface area contributed by atoms with Crippen molar-refractivity contribution >= 4 is 34.7 Å². The van der Waals surface area contributed by atoms with E-state index in [0.29, 0.717) is 24.9 Å². The second-order valence-electron chi connectivity index (χ2n) is 8.33. The third-order valence-electron chi connectivity index (χ3n) is 6.02. The van der Waals surface area contributed by atoms with E-state index >= 15 is 0 Å². The number of hydrogen-bond acceptors (Lipinski definition) is 6. The number of benzene rings is 1. The zero-order valence-electron chi connectivity index (χ0n) is 17.8. The highest BCUT2D eigenvalue weighted by atomic mass is 32.2. The fraction of sp³-hybridized carbons (Fsp3) is 0.478. The first-order chi connectivity index (χ1) is 15.5. The molecule has 2 aliphatic heterocycles. The molecule has 1 N–H and O–H groups in total. The maximum Gasteiger partial charge on any atom is 0.290 e. The van der Waals surface area contributed by atoms with Gasteiger partial charge >= 0.3 is 0 Å². The molecular weight excluding hydrogens is 430 g/mol. The molecular formula is C23H27N3O5S. The Labute approximate surface area is 191 Å². The molecule has 0 spiro atoms. The Balaban J connectivity index is 1.51. The largest absolute Gasteiger partial charge is 0.370 e. The van der Waals surface area contributed by atoms with Crippen LogP contribution in [0.2, 0.25) is 0 Å². The van der Waals surface area contributed by atoms with E-state index in [9.17, 15) is 19.2 Å². The van der Waals surface area contributed by atoms with E-state index in [1.165, 1.54) is 11.3 Å². The number of carbonyl (C=O) groups is 4. The van der Waals surface area contributed by atoms with Gasteiger partial charge in [0, 0.05) is 25.2 Å². The molecule has 3 fully saturated rings. The molecule has 0 radical (unpaired) electrons. The summed E-state index contributed by atoms with van der Waals surface area (Å²) in [5.41, 5.74) is 1.02. The van der Waals surface area contributed by atoms with Crippen LogP contribution in [0.5, 0.6) is 0 Å². The maximum absolute atomic E-state index is 13.1. The van der Waals surface area contributed by atoms with Gasteiger partial charge in [0.2, 0.25) is 11.8 Å². The molecule has 9 heteroatoms. The van der Waals surface area contributed by atoms with Gasteiger partial charge < -0.3 is 14.5 Å². The third kappa shape index (κ3) is 5.58. The molecule has 1 aliphatic carbocycles. The van der Waals surface area contributed by atoms with Crippen molar-refractivity contribution in [1.82, 2.24) is 15.1 Å². The van der Waals surface area contributed by atoms with Gasteiger partial charge in [-0.25, -0.2) is 0 Å². The number of hydrogen-bond donors (Lipinski definition) is 1. The quantitative estimate of drug-likeness (QED) is 0.683. The summed E-state index contributed by atoms with van der Waals surface area (Å²) >= 11 is 0.691. The molecule has 32 heavy (non-hydrogen) atoms. The van der Waals surface area contributed by atoms with Gasteiger partial charge in [0.15, 0.2) is 0 Å². The summed E-state index contributed by atoms with van der Waals surface area (Å²) in [4.78, 5) is 52.6. The smallest absolute Gasteiger partial charge is 0.290 e. The number of nitrogens with one attached hydrogen (secondary N) is 1. The first-order valence-electron chi connectivity index (χ1n) is 11.0. The monoisotopic (exact) mass is 457 g/mol. The van der Waals surface area contributed by atoms with Crippen molar-refractivity contribution in [3.05, 3.63) is 46.9 Å². The number of thioether (sulfide) groups is 1. The number of amides is 4. The Kier molecular flexibility index (Phi) is 7.26. The van der Waals surface area contributed by atoms with E-state index < -0.39 is 17.1 Å². The van der Waals surface area contributed by atoms with Crippen LogP contribution in [0, 0.1) is 0 Å². The molecule has 0 bridgehead atoms. The van der Waals surface area contributed by atoms with Crippen molar-refractivity contribution in [3.8, 4) is 0 Å². The molecule has 1 aromatic rings. The standard InChI is InChI=1S/C23H27N3O5S/c27-20(11-19-22(29)24-23(30)32-19)25-12-18(31-15-16-7-3-1-4-8-16)13-26(21(28)14-25)17-9-5-2-6-10-17/h1,3-4,7-8,11,17-18H,2,5-6,9-10,12-15H2,(H,24,29,30)/b19-11-. The average Bonchev–Trinajstić information content (AvgIpc) is 3.01. The van der Waals surface area contributed by atoms with Gasteiger partial charge in [-0.1, -0.05) is 49.6 Å². The molecule has 1 saturated carbocycles. The summed E-state index contributed by atoms with van der Waals surface area (Å²) in [5, 5.41) is 1.63. The molecule has 1 aromatic carbocycles. The summed E-state index contributed by atoms with van der Waals surface area (Å²) < 4.78 is 6.16. The lowest BCUT2D eigenvalue weighted by molar-refractivity contribution is -0.138. The molecule has 8 nitrogen and oxygen atoms in total. The van der Waals surface area contributed by atoms with E-state index in [-0.39, 0.29) is 36.0 Å². The zero-order chi connectivity index (χ0) is 22.5. The highest BCUT2D eigenvalue weighted by molar-refractivity contribution is 8.18. The zero-order valence-corrected chi connectivity index (χ0v) is 18.6. The van der Waals surface area contributed by atoms with Gasteiger partial charge in [-0.05, 0) is 30.2 Å². The molecule has 2 saturated heterocycles. The van der Waals surface area contributed by atoms with Crippen LogP contribution in [0.15, 0.2) is 41.3 Å². The number of ether oxygens (including phenoxy) is 1. The summed E-state index contributed by atoms with van der Waals surface area (Å²) in [5.74, 6) is -1.16. The van der Waals surface area contributed by atoms with Crippen LogP contribution in [0.4, 0.5) is 4.79 Å². The predicted octanol–water partition coefficient (Wildman–Crippen LogP) is 2.44. The van der Waals surface area contributed by atoms with Crippen LogP contribution >= 0.6 is 11.8 Å². The van der Waals surface area contributed by atoms with Crippen molar-refractivity contribution in [1.29, 1.82) is 0 Å². The molecule has 0 aromatic heterocycles. The first kappa shape index (κ1) is 22.5. The van der Waals surface area contributed by atoms with Crippen molar-refractivity contribution < 1.29 is 23.9 Å². The van der Waals surface area contributed by atoms with Crippen molar-refractivity contribution in [2.24, 2.45) is 0 Å². The maximum atomic E-state index is 13.1. The number of rotatable bonds is 5. The van der Waals surface area contributed by atoms with Gasteiger partial charge in [0.05, 0.1) is 17.6 Å². The van der Waals surface area contributed by atoms with Gasteiger partial charge in [-0.15, -0.1) is 0 Å². The normalized spacial score (nSPS) is 24.1. The molecule has 3 aliphatic rings. The van der Waals surface area contributed by atoms with Crippen molar-refractivity contribution in [3.63, 3.8) is 0 Å². The molecule has 4 rings (SSSR count). The lowest BCUT2D eigenvalue weighted by atomic mass is 9.94. The summed E-state index contributed by atoms with van der Waals surface area (Å²) in [7, 11) is 0. The fourth-order valence-electron chi connectivity index (χ4n) is 4.37. The molecule has 4 amide bonds. The van der Waals surface area contributed by atoms with E-state index in [1.807, 2.05) is 35.2 Å². The SMILES string of the molecule is O=C1NC(=O)/C(=C/C(=O)N2CC(=O)N(C3CCCCC3)CC(OCc3ccccc3)C2)S1. The molecule has 1 unspecified atom stereocenters. The number of imide groups is 1. The minimum absolute atomic E-state index is 0.0441. The summed E-state index contributed by atoms with van der Waals surface area (Å²) in [6, 6.07) is 9.94. The average molecular weight is 458 g/mol. The van der Waals surface area contributed by atoms with Gasteiger partial charge in [0.25, 0.3) is 11.1 Å². The van der Waals surface area contributed by atoms with Crippen LogP contribution in [-0.2, 0) is 25.7 Å². The highest BCUT2D eigenvalue weighted by Crippen LogP contribution is 2.26. The van der Waals surface area contributed by atoms with Crippen LogP contribution in [0.25, 0.3) is 0 Å². The van der Waals surface area contributed by atoms with Gasteiger partial charge in [-0.3, -0.25) is 24.5 Å². The fourth-order valence-corrected chi connectivity index (χ4v) is 5.02. The van der Waals surface area contributed by atoms with Crippen LogP contribution < -0.4 is 5.32 Å². The van der Waals surface area contributed by atoms with Crippen LogP contribution in [0.1, 0.15) is 37.7 Å². The highest BCUT2D eigenvalue weighted by Gasteiger charge is 2.35. The number of carbonyl (C=O) groups excluding carboxylic acids is 4. The van der Waals surface area contributed by atoms with Gasteiger partial charge in [-0.2, -0.15) is 0 Å². The Hall–Kier alpha value is -2.65. The summed E-state index contributed by atoms with van der Waals surface area (Å²) in [6.45, 7) is 0.994. The van der Waals surface area contributed by atoms with E-state index in [4.69, 9.17) is 4.74 Å². The third-order valence-corrected chi connectivity index (χ3v) is 6.83. The molecule has 170 valence electrons. The lowest BCUT2D eigenvalue weighted by Gasteiger charge is -2.34. The second-order valence-corrected chi connectivity index (χ2v) is 9.34. The summed E-state index contributed by atoms with van der Waals surface area (Å²) in [6.07, 6.45) is 6.10. The van der Waals surface area contributed by atoms with E-state index in [0.717, 1.165) is 37.3 Å². The minimum Gasteiger partial charge on any atom is -0.370 e. The Morgan fingerprint density at radius 3 is 2.53 bits per heavy atom.